The maximum atomic E-state index is 12.3. The predicted molar refractivity (Wildman–Crippen MR) is 110 cm³/mol. The van der Waals surface area contributed by atoms with Gasteiger partial charge in [0.05, 0.1) is 0 Å². The molecule has 1 fully saturated rings. The van der Waals surface area contributed by atoms with Gasteiger partial charge >= 0.3 is 0 Å². The van der Waals surface area contributed by atoms with Gasteiger partial charge in [0.15, 0.2) is 0 Å². The number of carbonyl (C=O) groups is 1. The monoisotopic (exact) mass is 405 g/mol. The van der Waals surface area contributed by atoms with Gasteiger partial charge in [-0.1, -0.05) is 17.7 Å². The molecule has 0 bridgehead atoms. The fourth-order valence-electron chi connectivity index (χ4n) is 3.19. The van der Waals surface area contributed by atoms with Gasteiger partial charge in [0, 0.05) is 55.5 Å². The van der Waals surface area contributed by atoms with E-state index in [4.69, 9.17) is 16.3 Å². The van der Waals surface area contributed by atoms with Crippen molar-refractivity contribution in [2.75, 3.05) is 57.4 Å². The Hall–Kier alpha value is -2.31. The molecule has 1 aliphatic rings. The number of halogens is 2. The van der Waals surface area contributed by atoms with Gasteiger partial charge in [0.25, 0.3) is 5.91 Å². The molecule has 1 amide bonds. The Morgan fingerprint density at radius 3 is 2.57 bits per heavy atom. The van der Waals surface area contributed by atoms with Gasteiger partial charge in [-0.25, -0.2) is 4.39 Å². The van der Waals surface area contributed by atoms with E-state index in [-0.39, 0.29) is 12.5 Å². The van der Waals surface area contributed by atoms with Crippen molar-refractivity contribution in [2.24, 2.45) is 0 Å². The van der Waals surface area contributed by atoms with Crippen LogP contribution in [-0.4, -0.2) is 63.4 Å². The zero-order valence-corrected chi connectivity index (χ0v) is 16.5. The number of hydrogen-bond donors (Lipinski definition) is 1. The van der Waals surface area contributed by atoms with Crippen molar-refractivity contribution < 1.29 is 13.9 Å². The maximum absolute atomic E-state index is 12.3. The molecule has 1 N–H and O–H groups in total. The van der Waals surface area contributed by atoms with Crippen LogP contribution in [-0.2, 0) is 0 Å². The van der Waals surface area contributed by atoms with Gasteiger partial charge in [-0.15, -0.1) is 0 Å². The minimum atomic E-state index is -0.554. The number of hydrogen-bond acceptors (Lipinski definition) is 4. The third-order valence-corrected chi connectivity index (χ3v) is 4.97. The van der Waals surface area contributed by atoms with E-state index in [2.05, 4.69) is 15.1 Å². The normalized spacial score (nSPS) is 14.7. The SMILES string of the molecule is O=C(NCCN1CCN(c2ccc(Cl)cc2)CC1)c1cccc(OCCF)c1. The van der Waals surface area contributed by atoms with Crippen LogP contribution in [0.25, 0.3) is 0 Å². The fraction of sp³-hybridized carbons (Fsp3) is 0.381. The molecule has 0 radical (unpaired) electrons. The number of nitrogens with one attached hydrogen (secondary N) is 1. The number of amides is 1. The second-order valence-electron chi connectivity index (χ2n) is 6.63. The molecule has 1 heterocycles. The molecule has 0 aliphatic carbocycles. The average Bonchev–Trinajstić information content (AvgIpc) is 2.73. The average molecular weight is 406 g/mol. The van der Waals surface area contributed by atoms with Crippen LogP contribution >= 0.6 is 11.6 Å². The molecule has 2 aromatic carbocycles. The third-order valence-electron chi connectivity index (χ3n) is 4.72. The molecular formula is C21H25ClFN3O2. The molecule has 0 aromatic heterocycles. The summed E-state index contributed by atoms with van der Waals surface area (Å²) in [5.74, 6) is 0.356. The van der Waals surface area contributed by atoms with Gasteiger partial charge in [0.1, 0.15) is 19.0 Å². The Bertz CT molecular complexity index is 765. The summed E-state index contributed by atoms with van der Waals surface area (Å²) in [6.45, 7) is 4.62. The highest BCUT2D eigenvalue weighted by atomic mass is 35.5. The van der Waals surface area contributed by atoms with E-state index in [0.717, 1.165) is 37.7 Å². The fourth-order valence-corrected chi connectivity index (χ4v) is 3.32. The maximum Gasteiger partial charge on any atom is 0.251 e. The van der Waals surface area contributed by atoms with Crippen molar-refractivity contribution in [3.8, 4) is 5.75 Å². The van der Waals surface area contributed by atoms with Crippen molar-refractivity contribution in [3.63, 3.8) is 0 Å². The molecule has 150 valence electrons. The first-order valence-electron chi connectivity index (χ1n) is 9.45. The van der Waals surface area contributed by atoms with Crippen LogP contribution in [0.2, 0.25) is 5.02 Å². The van der Waals surface area contributed by atoms with Gasteiger partial charge in [0.2, 0.25) is 0 Å². The first-order valence-corrected chi connectivity index (χ1v) is 9.83. The molecule has 7 heteroatoms. The van der Waals surface area contributed by atoms with Crippen LogP contribution in [0, 0.1) is 0 Å². The van der Waals surface area contributed by atoms with Crippen LogP contribution in [0.4, 0.5) is 10.1 Å². The molecule has 5 nitrogen and oxygen atoms in total. The Morgan fingerprint density at radius 1 is 1.11 bits per heavy atom. The van der Waals surface area contributed by atoms with Gasteiger partial charge in [-0.05, 0) is 42.5 Å². The third kappa shape index (κ3) is 5.84. The summed E-state index contributed by atoms with van der Waals surface area (Å²) in [6, 6.07) is 14.7. The summed E-state index contributed by atoms with van der Waals surface area (Å²) in [4.78, 5) is 17.0. The van der Waals surface area contributed by atoms with Crippen LogP contribution in [0.5, 0.6) is 5.75 Å². The minimum Gasteiger partial charge on any atom is -0.491 e. The molecule has 0 unspecified atom stereocenters. The zero-order valence-electron chi connectivity index (χ0n) is 15.7. The largest absolute Gasteiger partial charge is 0.491 e. The van der Waals surface area contributed by atoms with E-state index in [1.807, 2.05) is 24.3 Å². The van der Waals surface area contributed by atoms with E-state index in [9.17, 15) is 9.18 Å². The molecule has 0 atom stereocenters. The summed E-state index contributed by atoms with van der Waals surface area (Å²) in [5.41, 5.74) is 1.70. The van der Waals surface area contributed by atoms with Crippen LogP contribution < -0.4 is 15.0 Å². The second kappa shape index (κ2) is 10.3. The number of ether oxygens (including phenoxy) is 1. The number of alkyl halides is 1. The van der Waals surface area contributed by atoms with Crippen molar-refractivity contribution in [1.82, 2.24) is 10.2 Å². The summed E-state index contributed by atoms with van der Waals surface area (Å²) < 4.78 is 17.4. The van der Waals surface area contributed by atoms with E-state index in [1.54, 1.807) is 24.3 Å². The molecule has 28 heavy (non-hydrogen) atoms. The lowest BCUT2D eigenvalue weighted by Gasteiger charge is -2.36. The Kier molecular flexibility index (Phi) is 7.51. The van der Waals surface area contributed by atoms with Gasteiger partial charge < -0.3 is 15.0 Å². The van der Waals surface area contributed by atoms with Gasteiger partial charge in [-0.2, -0.15) is 0 Å². The van der Waals surface area contributed by atoms with Crippen molar-refractivity contribution in [1.29, 1.82) is 0 Å². The highest BCUT2D eigenvalue weighted by Gasteiger charge is 2.17. The molecular weight excluding hydrogens is 381 g/mol. The molecule has 0 saturated carbocycles. The molecule has 3 rings (SSSR count). The summed E-state index contributed by atoms with van der Waals surface area (Å²) in [5, 5.41) is 3.69. The zero-order chi connectivity index (χ0) is 19.8. The Balaban J connectivity index is 1.40. The number of piperazine rings is 1. The smallest absolute Gasteiger partial charge is 0.251 e. The number of nitrogens with zero attached hydrogens (tertiary/aromatic N) is 2. The van der Waals surface area contributed by atoms with Crippen molar-refractivity contribution in [2.45, 2.75) is 0 Å². The number of carbonyl (C=O) groups excluding carboxylic acids is 1. The lowest BCUT2D eigenvalue weighted by Crippen LogP contribution is -2.48. The number of rotatable bonds is 8. The summed E-state index contributed by atoms with van der Waals surface area (Å²) in [7, 11) is 0. The first kappa shape index (κ1) is 20.4. The highest BCUT2D eigenvalue weighted by Crippen LogP contribution is 2.19. The first-order chi connectivity index (χ1) is 13.7. The minimum absolute atomic E-state index is 0.00687. The van der Waals surface area contributed by atoms with E-state index in [0.29, 0.717) is 17.9 Å². The number of benzene rings is 2. The Morgan fingerprint density at radius 2 is 1.86 bits per heavy atom. The van der Waals surface area contributed by atoms with Crippen LogP contribution in [0.15, 0.2) is 48.5 Å². The molecule has 0 spiro atoms. The van der Waals surface area contributed by atoms with E-state index < -0.39 is 6.67 Å². The lowest BCUT2D eigenvalue weighted by atomic mass is 10.2. The summed E-state index contributed by atoms with van der Waals surface area (Å²) in [6.07, 6.45) is 0. The molecule has 1 aliphatic heterocycles. The van der Waals surface area contributed by atoms with Crippen LogP contribution in [0.1, 0.15) is 10.4 Å². The number of anilines is 1. The lowest BCUT2D eigenvalue weighted by molar-refractivity contribution is 0.0947. The van der Waals surface area contributed by atoms with E-state index in [1.165, 1.54) is 5.69 Å². The predicted octanol–water partition coefficient (Wildman–Crippen LogP) is 3.24. The second-order valence-corrected chi connectivity index (χ2v) is 7.06. The van der Waals surface area contributed by atoms with Crippen molar-refractivity contribution in [3.05, 3.63) is 59.1 Å². The van der Waals surface area contributed by atoms with Crippen molar-refractivity contribution >= 4 is 23.2 Å². The van der Waals surface area contributed by atoms with E-state index >= 15 is 0 Å². The highest BCUT2D eigenvalue weighted by molar-refractivity contribution is 6.30. The van der Waals surface area contributed by atoms with Crippen LogP contribution in [0.3, 0.4) is 0 Å². The standard InChI is InChI=1S/C21H25ClFN3O2/c22-18-4-6-19(7-5-18)26-13-11-25(12-14-26)10-9-24-21(27)17-2-1-3-20(16-17)28-15-8-23/h1-7,16H,8-15H2,(H,24,27). The molecule has 1 saturated heterocycles. The Labute approximate surface area is 170 Å². The quantitative estimate of drug-likeness (QED) is 0.732. The topological polar surface area (TPSA) is 44.8 Å². The van der Waals surface area contributed by atoms with Gasteiger partial charge in [-0.3, -0.25) is 9.69 Å². The molecule has 2 aromatic rings. The summed E-state index contributed by atoms with van der Waals surface area (Å²) >= 11 is 5.95.